The summed E-state index contributed by atoms with van der Waals surface area (Å²) in [6.07, 6.45) is 3.59. The maximum absolute atomic E-state index is 11.8. The lowest BCUT2D eigenvalue weighted by atomic mass is 10.0. The van der Waals surface area contributed by atoms with E-state index in [1.54, 1.807) is 6.07 Å². The molecule has 1 fully saturated rings. The summed E-state index contributed by atoms with van der Waals surface area (Å²) in [5, 5.41) is 4.49. The third kappa shape index (κ3) is 3.39. The van der Waals surface area contributed by atoms with Crippen molar-refractivity contribution in [3.8, 4) is 0 Å². The molecular weight excluding hydrogens is 276 g/mol. The Kier molecular flexibility index (Phi) is 4.60. The number of nitrogens with zero attached hydrogens (tertiary/aromatic N) is 1. The molecule has 2 heterocycles. The van der Waals surface area contributed by atoms with Crippen LogP contribution in [0.4, 0.5) is 0 Å². The van der Waals surface area contributed by atoms with Gasteiger partial charge in [0, 0.05) is 24.0 Å². The van der Waals surface area contributed by atoms with E-state index in [9.17, 15) is 4.79 Å². The molecule has 1 aliphatic heterocycles. The van der Waals surface area contributed by atoms with Gasteiger partial charge in [0.25, 0.3) is 0 Å². The van der Waals surface area contributed by atoms with Crippen LogP contribution in [0.15, 0.2) is 33.5 Å². The summed E-state index contributed by atoms with van der Waals surface area (Å²) in [4.78, 5) is 14.2. The number of hydrogen-bond donors (Lipinski definition) is 1. The molecule has 0 aliphatic carbocycles. The normalized spacial score (nSPS) is 19.5. The van der Waals surface area contributed by atoms with Crippen LogP contribution in [0.5, 0.6) is 0 Å². The molecule has 1 unspecified atom stereocenters. The zero-order valence-corrected chi connectivity index (χ0v) is 13.4. The standard InChI is InChI=1S/C18H24N2O2/c1-13-5-6-16-14(11-18(21)22-17(16)10-13)12-20(2)15-4-3-8-19-9-7-15/h5-6,10-11,15,19H,3-4,7-9,12H2,1-2H3. The molecule has 4 nitrogen and oxygen atoms in total. The van der Waals surface area contributed by atoms with E-state index in [1.807, 2.05) is 13.0 Å². The van der Waals surface area contributed by atoms with E-state index < -0.39 is 0 Å². The molecule has 1 aliphatic rings. The van der Waals surface area contributed by atoms with Gasteiger partial charge >= 0.3 is 5.63 Å². The van der Waals surface area contributed by atoms with Gasteiger partial charge in [-0.15, -0.1) is 0 Å². The van der Waals surface area contributed by atoms with Crippen LogP contribution in [0.2, 0.25) is 0 Å². The van der Waals surface area contributed by atoms with Crippen molar-refractivity contribution in [2.45, 2.75) is 38.8 Å². The molecule has 1 aromatic heterocycles. The average Bonchev–Trinajstić information content (AvgIpc) is 2.75. The van der Waals surface area contributed by atoms with Crippen molar-refractivity contribution in [2.75, 3.05) is 20.1 Å². The summed E-state index contributed by atoms with van der Waals surface area (Å²) in [5.74, 6) is 0. The molecule has 118 valence electrons. The molecular formula is C18H24N2O2. The number of aryl methyl sites for hydroxylation is 1. The second kappa shape index (κ2) is 6.63. The van der Waals surface area contributed by atoms with Crippen molar-refractivity contribution >= 4 is 11.0 Å². The Bertz CT molecular complexity index is 700. The van der Waals surface area contributed by atoms with E-state index in [-0.39, 0.29) is 5.63 Å². The van der Waals surface area contributed by atoms with Gasteiger partial charge in [-0.1, -0.05) is 12.1 Å². The molecule has 1 aromatic carbocycles. The summed E-state index contributed by atoms with van der Waals surface area (Å²) < 4.78 is 5.35. The van der Waals surface area contributed by atoms with Crippen LogP contribution >= 0.6 is 0 Å². The zero-order chi connectivity index (χ0) is 15.5. The fourth-order valence-corrected chi connectivity index (χ4v) is 3.31. The van der Waals surface area contributed by atoms with E-state index in [0.29, 0.717) is 11.6 Å². The maximum atomic E-state index is 11.8. The van der Waals surface area contributed by atoms with E-state index in [4.69, 9.17) is 4.42 Å². The number of nitrogens with one attached hydrogen (secondary N) is 1. The summed E-state index contributed by atoms with van der Waals surface area (Å²) in [6, 6.07) is 8.29. The first-order chi connectivity index (χ1) is 10.6. The monoisotopic (exact) mass is 300 g/mol. The van der Waals surface area contributed by atoms with E-state index in [1.165, 1.54) is 12.8 Å². The topological polar surface area (TPSA) is 45.5 Å². The molecule has 1 atom stereocenters. The van der Waals surface area contributed by atoms with Crippen molar-refractivity contribution in [3.63, 3.8) is 0 Å². The number of hydrogen-bond acceptors (Lipinski definition) is 4. The Hall–Kier alpha value is -1.65. The first-order valence-corrected chi connectivity index (χ1v) is 8.08. The van der Waals surface area contributed by atoms with E-state index >= 15 is 0 Å². The molecule has 2 aromatic rings. The van der Waals surface area contributed by atoms with E-state index in [2.05, 4.69) is 29.4 Å². The van der Waals surface area contributed by atoms with Gasteiger partial charge in [-0.2, -0.15) is 0 Å². The molecule has 1 N–H and O–H groups in total. The Morgan fingerprint density at radius 2 is 2.14 bits per heavy atom. The molecule has 4 heteroatoms. The summed E-state index contributed by atoms with van der Waals surface area (Å²) in [6.45, 7) is 4.99. The van der Waals surface area contributed by atoms with Gasteiger partial charge in [-0.05, 0) is 63.5 Å². The molecule has 0 saturated carbocycles. The predicted octanol–water partition coefficient (Wildman–Crippen LogP) is 2.68. The van der Waals surface area contributed by atoms with Crippen molar-refractivity contribution in [3.05, 3.63) is 45.8 Å². The largest absolute Gasteiger partial charge is 0.423 e. The Balaban J connectivity index is 1.87. The summed E-state index contributed by atoms with van der Waals surface area (Å²) in [5.41, 5.74) is 2.60. The number of fused-ring (bicyclic) bond motifs is 1. The highest BCUT2D eigenvalue weighted by atomic mass is 16.4. The smallest absolute Gasteiger partial charge is 0.336 e. The van der Waals surface area contributed by atoms with Gasteiger partial charge in [-0.3, -0.25) is 4.90 Å². The van der Waals surface area contributed by atoms with Gasteiger partial charge in [0.05, 0.1) is 0 Å². The Morgan fingerprint density at radius 3 is 3.00 bits per heavy atom. The average molecular weight is 300 g/mol. The molecule has 0 spiro atoms. The van der Waals surface area contributed by atoms with Crippen LogP contribution in [0.25, 0.3) is 11.0 Å². The summed E-state index contributed by atoms with van der Waals surface area (Å²) in [7, 11) is 2.16. The minimum atomic E-state index is -0.260. The highest BCUT2D eigenvalue weighted by Gasteiger charge is 2.18. The number of benzene rings is 1. The third-order valence-corrected chi connectivity index (χ3v) is 4.57. The Labute approximate surface area is 131 Å². The lowest BCUT2D eigenvalue weighted by Gasteiger charge is -2.27. The van der Waals surface area contributed by atoms with Gasteiger partial charge in [-0.25, -0.2) is 4.79 Å². The van der Waals surface area contributed by atoms with Gasteiger partial charge in [0.15, 0.2) is 0 Å². The lowest BCUT2D eigenvalue weighted by Crippen LogP contribution is -2.32. The fourth-order valence-electron chi connectivity index (χ4n) is 3.31. The molecule has 0 amide bonds. The molecule has 0 bridgehead atoms. The first-order valence-electron chi connectivity index (χ1n) is 8.08. The molecule has 22 heavy (non-hydrogen) atoms. The van der Waals surface area contributed by atoms with Crippen LogP contribution in [0, 0.1) is 6.92 Å². The van der Waals surface area contributed by atoms with Crippen molar-refractivity contribution in [1.82, 2.24) is 10.2 Å². The second-order valence-corrected chi connectivity index (χ2v) is 6.34. The van der Waals surface area contributed by atoms with Crippen LogP contribution in [0.1, 0.15) is 30.4 Å². The van der Waals surface area contributed by atoms with Crippen LogP contribution in [-0.2, 0) is 6.54 Å². The lowest BCUT2D eigenvalue weighted by molar-refractivity contribution is 0.217. The molecule has 1 saturated heterocycles. The van der Waals surface area contributed by atoms with Crippen LogP contribution in [0.3, 0.4) is 0 Å². The minimum Gasteiger partial charge on any atom is -0.423 e. The quantitative estimate of drug-likeness (QED) is 0.885. The second-order valence-electron chi connectivity index (χ2n) is 6.34. The first kappa shape index (κ1) is 15.3. The van der Waals surface area contributed by atoms with Gasteiger partial charge < -0.3 is 9.73 Å². The predicted molar refractivity (Wildman–Crippen MR) is 89.2 cm³/mol. The fraction of sp³-hybridized carbons (Fsp3) is 0.500. The third-order valence-electron chi connectivity index (χ3n) is 4.57. The summed E-state index contributed by atoms with van der Waals surface area (Å²) >= 11 is 0. The van der Waals surface area contributed by atoms with Gasteiger partial charge in [0.2, 0.25) is 0 Å². The van der Waals surface area contributed by atoms with E-state index in [0.717, 1.165) is 42.6 Å². The maximum Gasteiger partial charge on any atom is 0.336 e. The van der Waals surface area contributed by atoms with Crippen LogP contribution in [-0.4, -0.2) is 31.1 Å². The minimum absolute atomic E-state index is 0.260. The van der Waals surface area contributed by atoms with Crippen molar-refractivity contribution in [2.24, 2.45) is 0 Å². The number of rotatable bonds is 3. The highest BCUT2D eigenvalue weighted by Crippen LogP contribution is 2.21. The Morgan fingerprint density at radius 1 is 1.27 bits per heavy atom. The van der Waals surface area contributed by atoms with Crippen LogP contribution < -0.4 is 10.9 Å². The SMILES string of the molecule is Cc1ccc2c(CN(C)C3CCCNCC3)cc(=O)oc2c1. The van der Waals surface area contributed by atoms with Crippen molar-refractivity contribution in [1.29, 1.82) is 0 Å². The van der Waals surface area contributed by atoms with Gasteiger partial charge in [0.1, 0.15) is 5.58 Å². The highest BCUT2D eigenvalue weighted by molar-refractivity contribution is 5.80. The zero-order valence-electron chi connectivity index (χ0n) is 13.4. The molecule has 3 rings (SSSR count). The van der Waals surface area contributed by atoms with Crippen molar-refractivity contribution < 1.29 is 4.42 Å². The molecule has 0 radical (unpaired) electrons.